The van der Waals surface area contributed by atoms with Crippen LogP contribution in [0, 0.1) is 10.1 Å². The predicted molar refractivity (Wildman–Crippen MR) is 70.5 cm³/mol. The molecule has 2 aromatic rings. The van der Waals surface area contributed by atoms with Crippen LogP contribution in [0.15, 0.2) is 30.5 Å². The van der Waals surface area contributed by atoms with Crippen LogP contribution in [0.2, 0.25) is 0 Å². The number of methoxy groups -OCH3 is 1. The van der Waals surface area contributed by atoms with Gasteiger partial charge in [-0.2, -0.15) is 13.2 Å². The van der Waals surface area contributed by atoms with Gasteiger partial charge in [0.25, 0.3) is 5.69 Å². The van der Waals surface area contributed by atoms with E-state index in [9.17, 15) is 28.1 Å². The van der Waals surface area contributed by atoms with Crippen molar-refractivity contribution in [2.75, 3.05) is 7.11 Å². The van der Waals surface area contributed by atoms with Gasteiger partial charge in [-0.25, -0.2) is 14.8 Å². The van der Waals surface area contributed by atoms with Crippen LogP contribution in [0.3, 0.4) is 0 Å². The van der Waals surface area contributed by atoms with E-state index in [4.69, 9.17) is 0 Å². The van der Waals surface area contributed by atoms with Gasteiger partial charge in [-0.15, -0.1) is 0 Å². The van der Waals surface area contributed by atoms with Gasteiger partial charge in [0, 0.05) is 17.8 Å². The van der Waals surface area contributed by atoms with Gasteiger partial charge < -0.3 is 4.74 Å². The lowest BCUT2D eigenvalue weighted by Crippen LogP contribution is -2.09. The minimum absolute atomic E-state index is 0.0320. The Bertz CT molecular complexity index is 777. The largest absolute Gasteiger partial charge is 0.465 e. The topological polar surface area (TPSA) is 95.2 Å². The fourth-order valence-electron chi connectivity index (χ4n) is 1.76. The average molecular weight is 327 g/mol. The molecule has 1 aromatic carbocycles. The molecule has 23 heavy (non-hydrogen) atoms. The Morgan fingerprint density at radius 3 is 2.57 bits per heavy atom. The molecule has 1 aromatic heterocycles. The fraction of sp³-hybridized carbons (Fsp3) is 0.154. The SMILES string of the molecule is COC(=O)c1ccc(-c2nccc(C(F)(F)F)n2)cc1[N+](=O)[O-]. The number of hydrogen-bond donors (Lipinski definition) is 0. The second-order valence-electron chi connectivity index (χ2n) is 4.24. The Morgan fingerprint density at radius 2 is 2.00 bits per heavy atom. The molecule has 0 N–H and O–H groups in total. The zero-order valence-corrected chi connectivity index (χ0v) is 11.5. The first kappa shape index (κ1) is 16.3. The van der Waals surface area contributed by atoms with Gasteiger partial charge in [0.2, 0.25) is 0 Å². The third-order valence-electron chi connectivity index (χ3n) is 2.80. The number of alkyl halides is 3. The predicted octanol–water partition coefficient (Wildman–Crippen LogP) is 2.86. The number of halogens is 3. The maximum Gasteiger partial charge on any atom is 0.433 e. The van der Waals surface area contributed by atoms with Crippen LogP contribution in [0.25, 0.3) is 11.4 Å². The van der Waals surface area contributed by atoms with E-state index < -0.39 is 28.5 Å². The summed E-state index contributed by atoms with van der Waals surface area (Å²) in [4.78, 5) is 28.7. The van der Waals surface area contributed by atoms with Gasteiger partial charge in [-0.1, -0.05) is 0 Å². The van der Waals surface area contributed by atoms with Crippen molar-refractivity contribution in [3.63, 3.8) is 0 Å². The van der Waals surface area contributed by atoms with Crippen LogP contribution >= 0.6 is 0 Å². The molecular weight excluding hydrogens is 319 g/mol. The van der Waals surface area contributed by atoms with Crippen molar-refractivity contribution in [1.29, 1.82) is 0 Å². The van der Waals surface area contributed by atoms with E-state index in [2.05, 4.69) is 14.7 Å². The number of aromatic nitrogens is 2. The number of benzene rings is 1. The zero-order chi connectivity index (χ0) is 17.2. The summed E-state index contributed by atoms with van der Waals surface area (Å²) in [6.45, 7) is 0. The number of carbonyl (C=O) groups excluding carboxylic acids is 1. The summed E-state index contributed by atoms with van der Waals surface area (Å²) in [5.41, 5.74) is -2.15. The molecule has 120 valence electrons. The highest BCUT2D eigenvalue weighted by atomic mass is 19.4. The molecule has 0 spiro atoms. The van der Waals surface area contributed by atoms with Gasteiger partial charge in [-0.3, -0.25) is 10.1 Å². The maximum absolute atomic E-state index is 12.6. The van der Waals surface area contributed by atoms with Gasteiger partial charge in [-0.05, 0) is 18.2 Å². The molecule has 0 aliphatic heterocycles. The van der Waals surface area contributed by atoms with Gasteiger partial charge >= 0.3 is 12.1 Å². The van der Waals surface area contributed by atoms with Gasteiger partial charge in [0.15, 0.2) is 5.82 Å². The van der Waals surface area contributed by atoms with Gasteiger partial charge in [0.05, 0.1) is 12.0 Å². The molecule has 0 amide bonds. The van der Waals surface area contributed by atoms with Crippen molar-refractivity contribution in [1.82, 2.24) is 9.97 Å². The van der Waals surface area contributed by atoms with Crippen LogP contribution < -0.4 is 0 Å². The Kier molecular flexibility index (Phi) is 4.25. The first-order valence-electron chi connectivity index (χ1n) is 6.01. The number of ether oxygens (including phenoxy) is 1. The summed E-state index contributed by atoms with van der Waals surface area (Å²) in [6.07, 6.45) is -3.78. The minimum Gasteiger partial charge on any atom is -0.465 e. The van der Waals surface area contributed by atoms with Crippen LogP contribution in [0.1, 0.15) is 16.1 Å². The normalized spacial score (nSPS) is 11.1. The maximum atomic E-state index is 12.6. The van der Waals surface area contributed by atoms with Gasteiger partial charge in [0.1, 0.15) is 11.3 Å². The molecule has 0 fully saturated rings. The van der Waals surface area contributed by atoms with Crippen LogP contribution in [0.4, 0.5) is 18.9 Å². The second kappa shape index (κ2) is 5.99. The Morgan fingerprint density at radius 1 is 1.30 bits per heavy atom. The molecule has 10 heteroatoms. The van der Waals surface area contributed by atoms with E-state index in [-0.39, 0.29) is 17.0 Å². The molecular formula is C13H8F3N3O4. The molecule has 0 saturated heterocycles. The van der Waals surface area contributed by atoms with Crippen molar-refractivity contribution in [2.45, 2.75) is 6.18 Å². The first-order chi connectivity index (χ1) is 10.7. The zero-order valence-electron chi connectivity index (χ0n) is 11.5. The molecule has 0 atom stereocenters. The highest BCUT2D eigenvalue weighted by molar-refractivity contribution is 5.94. The lowest BCUT2D eigenvalue weighted by molar-refractivity contribution is -0.385. The van der Waals surface area contributed by atoms with E-state index in [0.29, 0.717) is 6.07 Å². The summed E-state index contributed by atoms with van der Waals surface area (Å²) in [6, 6.07) is 3.88. The highest BCUT2D eigenvalue weighted by Crippen LogP contribution is 2.30. The lowest BCUT2D eigenvalue weighted by atomic mass is 10.1. The molecule has 0 aliphatic rings. The molecule has 0 bridgehead atoms. The molecule has 0 saturated carbocycles. The standard InChI is InChI=1S/C13H8F3N3O4/c1-23-12(20)8-3-2-7(6-9(8)19(21)22)11-17-5-4-10(18-11)13(14,15)16/h2-6H,1H3. The Balaban J connectivity index is 2.55. The number of hydrogen-bond acceptors (Lipinski definition) is 6. The molecule has 0 radical (unpaired) electrons. The van der Waals surface area contributed by atoms with Crippen molar-refractivity contribution in [3.8, 4) is 11.4 Å². The monoisotopic (exact) mass is 327 g/mol. The van der Waals surface area contributed by atoms with E-state index in [1.807, 2.05) is 0 Å². The lowest BCUT2D eigenvalue weighted by Gasteiger charge is -2.07. The molecule has 0 unspecified atom stereocenters. The summed E-state index contributed by atoms with van der Waals surface area (Å²) in [7, 11) is 1.05. The third kappa shape index (κ3) is 3.42. The molecule has 0 aliphatic carbocycles. The van der Waals surface area contributed by atoms with E-state index in [1.54, 1.807) is 0 Å². The summed E-state index contributed by atoms with van der Waals surface area (Å²) < 4.78 is 42.4. The van der Waals surface area contributed by atoms with E-state index in [0.717, 1.165) is 25.4 Å². The van der Waals surface area contributed by atoms with E-state index in [1.165, 1.54) is 6.07 Å². The highest BCUT2D eigenvalue weighted by Gasteiger charge is 2.33. The number of nitro groups is 1. The summed E-state index contributed by atoms with van der Waals surface area (Å²) in [5, 5.41) is 11.0. The summed E-state index contributed by atoms with van der Waals surface area (Å²) in [5.74, 6) is -1.28. The second-order valence-corrected chi connectivity index (χ2v) is 4.24. The van der Waals surface area contributed by atoms with Crippen LogP contribution in [-0.4, -0.2) is 28.0 Å². The van der Waals surface area contributed by atoms with Crippen LogP contribution in [-0.2, 0) is 10.9 Å². The quantitative estimate of drug-likeness (QED) is 0.489. The van der Waals surface area contributed by atoms with Crippen molar-refractivity contribution >= 4 is 11.7 Å². The minimum atomic E-state index is -4.67. The fourth-order valence-corrected chi connectivity index (χ4v) is 1.76. The smallest absolute Gasteiger partial charge is 0.433 e. The molecule has 2 rings (SSSR count). The average Bonchev–Trinajstić information content (AvgIpc) is 2.52. The first-order valence-corrected chi connectivity index (χ1v) is 6.01. The van der Waals surface area contributed by atoms with Crippen molar-refractivity contribution in [2.24, 2.45) is 0 Å². The van der Waals surface area contributed by atoms with Crippen molar-refractivity contribution < 1.29 is 27.6 Å². The Hall–Kier alpha value is -3.04. The molecule has 7 nitrogen and oxygen atoms in total. The third-order valence-corrected chi connectivity index (χ3v) is 2.80. The summed E-state index contributed by atoms with van der Waals surface area (Å²) >= 11 is 0. The number of esters is 1. The number of nitrogens with zero attached hydrogens (tertiary/aromatic N) is 3. The number of rotatable bonds is 3. The van der Waals surface area contributed by atoms with E-state index >= 15 is 0 Å². The van der Waals surface area contributed by atoms with Crippen molar-refractivity contribution in [3.05, 3.63) is 51.8 Å². The number of nitro benzene ring substituents is 1. The number of carbonyl (C=O) groups is 1. The Labute approximate surface area is 126 Å². The molecule has 1 heterocycles. The van der Waals surface area contributed by atoms with Crippen LogP contribution in [0.5, 0.6) is 0 Å².